The molecule has 3 N–H and O–H groups in total. The summed E-state index contributed by atoms with van der Waals surface area (Å²) >= 11 is 0. The van der Waals surface area contributed by atoms with E-state index in [-0.39, 0.29) is 32.3 Å². The van der Waals surface area contributed by atoms with Crippen molar-refractivity contribution in [3.63, 3.8) is 0 Å². The first kappa shape index (κ1) is 53.2. The molecule has 2 unspecified atom stereocenters. The zero-order chi connectivity index (χ0) is 39.5. The second-order valence-corrected chi connectivity index (χ2v) is 17.1. The average Bonchev–Trinajstić information content (AvgIpc) is 3.16. The van der Waals surface area contributed by atoms with Gasteiger partial charge in [-0.1, -0.05) is 199 Å². The van der Waals surface area contributed by atoms with Crippen molar-refractivity contribution in [2.45, 2.75) is 238 Å². The maximum absolute atomic E-state index is 12.5. The summed E-state index contributed by atoms with van der Waals surface area (Å²) in [6.07, 6.45) is 46.7. The van der Waals surface area contributed by atoms with Crippen LogP contribution in [0.3, 0.4) is 0 Å². The molecule has 0 aromatic rings. The van der Waals surface area contributed by atoms with Gasteiger partial charge >= 0.3 is 13.8 Å². The van der Waals surface area contributed by atoms with Gasteiger partial charge in [-0.2, -0.15) is 0 Å². The van der Waals surface area contributed by atoms with Crippen LogP contribution in [0, 0.1) is 0 Å². The number of ether oxygens (including phenoxy) is 2. The number of carbonyl (C=O) groups excluding carboxylic acids is 1. The van der Waals surface area contributed by atoms with Gasteiger partial charge in [-0.15, -0.1) is 0 Å². The van der Waals surface area contributed by atoms with Crippen LogP contribution in [0.1, 0.15) is 232 Å². The molecule has 0 heterocycles. The normalized spacial score (nSPS) is 13.5. The van der Waals surface area contributed by atoms with Crippen molar-refractivity contribution in [2.24, 2.45) is 5.73 Å². The molecule has 0 aromatic carbocycles. The predicted molar refractivity (Wildman–Crippen MR) is 229 cm³/mol. The molecular weight excluding hydrogens is 697 g/mol. The van der Waals surface area contributed by atoms with Crippen LogP contribution in [0.25, 0.3) is 0 Å². The first-order valence-electron chi connectivity index (χ1n) is 23.2. The molecule has 8 nitrogen and oxygen atoms in total. The Balaban J connectivity index is 3.86. The molecule has 0 saturated carbocycles. The molecule has 0 aromatic heterocycles. The second kappa shape index (κ2) is 43.4. The van der Waals surface area contributed by atoms with Gasteiger partial charge < -0.3 is 20.1 Å². The molecule has 0 radical (unpaired) electrons. The quantitative estimate of drug-likeness (QED) is 0.0271. The summed E-state index contributed by atoms with van der Waals surface area (Å²) in [6.45, 7) is 4.95. The summed E-state index contributed by atoms with van der Waals surface area (Å²) in [7, 11) is -4.27. The standard InChI is InChI=1S/C45H90NO7P/c1-3-5-7-9-11-13-15-16-17-18-19-20-21-22-23-24-25-26-27-29-31-33-35-37-40-50-42-44(43-52-54(48,49)51-41-39-46)53-45(47)38-36-34-32-30-28-14-12-10-8-6-4-2/h18-19,44H,3-17,20-43,46H2,1-2H3,(H,48,49)/b19-18-. The van der Waals surface area contributed by atoms with Crippen molar-refractivity contribution < 1.29 is 32.8 Å². The van der Waals surface area contributed by atoms with Crippen LogP contribution in [-0.4, -0.2) is 49.9 Å². The molecule has 0 spiro atoms. The number of phosphoric acid groups is 1. The van der Waals surface area contributed by atoms with Gasteiger partial charge in [0.25, 0.3) is 0 Å². The Bertz CT molecular complexity index is 843. The van der Waals surface area contributed by atoms with Gasteiger partial charge in [0, 0.05) is 19.6 Å². The van der Waals surface area contributed by atoms with Crippen molar-refractivity contribution >= 4 is 13.8 Å². The Morgan fingerprint density at radius 2 is 0.926 bits per heavy atom. The van der Waals surface area contributed by atoms with Gasteiger partial charge in [-0.25, -0.2) is 4.57 Å². The highest BCUT2D eigenvalue weighted by atomic mass is 31.2. The lowest BCUT2D eigenvalue weighted by Gasteiger charge is -2.20. The van der Waals surface area contributed by atoms with E-state index in [0.717, 1.165) is 32.1 Å². The Kier molecular flexibility index (Phi) is 42.8. The average molecular weight is 788 g/mol. The first-order valence-corrected chi connectivity index (χ1v) is 24.7. The molecule has 0 aliphatic carbocycles. The highest BCUT2D eigenvalue weighted by Gasteiger charge is 2.25. The predicted octanol–water partition coefficient (Wildman–Crippen LogP) is 13.9. The summed E-state index contributed by atoms with van der Waals surface area (Å²) in [5.74, 6) is -0.328. The van der Waals surface area contributed by atoms with Gasteiger partial charge in [-0.05, 0) is 38.5 Å². The van der Waals surface area contributed by atoms with Crippen LogP contribution in [0.2, 0.25) is 0 Å². The summed E-state index contributed by atoms with van der Waals surface area (Å²) in [5, 5.41) is 0. The van der Waals surface area contributed by atoms with E-state index in [1.165, 1.54) is 180 Å². The maximum atomic E-state index is 12.5. The van der Waals surface area contributed by atoms with E-state index < -0.39 is 13.9 Å². The van der Waals surface area contributed by atoms with E-state index >= 15 is 0 Å². The second-order valence-electron chi connectivity index (χ2n) is 15.6. The number of unbranched alkanes of at least 4 members (excludes halogenated alkanes) is 30. The number of carbonyl (C=O) groups is 1. The first-order chi connectivity index (χ1) is 26.4. The molecule has 0 aliphatic heterocycles. The lowest BCUT2D eigenvalue weighted by Crippen LogP contribution is -2.28. The van der Waals surface area contributed by atoms with Crippen molar-refractivity contribution in [3.8, 4) is 0 Å². The molecule has 9 heteroatoms. The SMILES string of the molecule is CCCCCCCCCC/C=C\CCCCCCCCCCCCCCOCC(COP(=O)(O)OCCN)OC(=O)CCCCCCCCCCCCC. The number of hydrogen-bond acceptors (Lipinski definition) is 7. The van der Waals surface area contributed by atoms with Crippen LogP contribution in [0.5, 0.6) is 0 Å². The van der Waals surface area contributed by atoms with Crippen LogP contribution in [-0.2, 0) is 27.9 Å². The topological polar surface area (TPSA) is 117 Å². The number of phosphoric ester groups is 1. The lowest BCUT2D eigenvalue weighted by molar-refractivity contribution is -0.154. The van der Waals surface area contributed by atoms with Gasteiger partial charge in [-0.3, -0.25) is 13.8 Å². The van der Waals surface area contributed by atoms with Gasteiger partial charge in [0.2, 0.25) is 0 Å². The summed E-state index contributed by atoms with van der Waals surface area (Å²) in [5.41, 5.74) is 5.37. The fourth-order valence-corrected chi connectivity index (χ4v) is 7.52. The summed E-state index contributed by atoms with van der Waals surface area (Å²) < 4.78 is 33.4. The van der Waals surface area contributed by atoms with Crippen molar-refractivity contribution in [2.75, 3.05) is 33.0 Å². The van der Waals surface area contributed by atoms with E-state index in [9.17, 15) is 14.3 Å². The maximum Gasteiger partial charge on any atom is 0.472 e. The molecule has 0 saturated heterocycles. The third-order valence-corrected chi connectivity index (χ3v) is 11.2. The number of esters is 1. The van der Waals surface area contributed by atoms with E-state index in [1.807, 2.05) is 0 Å². The van der Waals surface area contributed by atoms with Crippen molar-refractivity contribution in [1.82, 2.24) is 0 Å². The van der Waals surface area contributed by atoms with Crippen molar-refractivity contribution in [3.05, 3.63) is 12.2 Å². The smallest absolute Gasteiger partial charge is 0.457 e. The largest absolute Gasteiger partial charge is 0.472 e. The van der Waals surface area contributed by atoms with Gasteiger partial charge in [0.05, 0.1) is 19.8 Å². The lowest BCUT2D eigenvalue weighted by atomic mass is 10.0. The summed E-state index contributed by atoms with van der Waals surface area (Å²) in [4.78, 5) is 22.4. The molecule has 2 atom stereocenters. The van der Waals surface area contributed by atoms with Crippen molar-refractivity contribution in [1.29, 1.82) is 0 Å². The van der Waals surface area contributed by atoms with E-state index in [2.05, 4.69) is 26.0 Å². The molecule has 0 bridgehead atoms. The number of hydrogen-bond donors (Lipinski definition) is 2. The van der Waals surface area contributed by atoms with E-state index in [1.54, 1.807) is 0 Å². The molecule has 322 valence electrons. The Labute approximate surface area is 334 Å². The Morgan fingerprint density at radius 3 is 1.35 bits per heavy atom. The number of nitrogens with two attached hydrogens (primary N) is 1. The fourth-order valence-electron chi connectivity index (χ4n) is 6.76. The molecular formula is C45H90NO7P. The van der Waals surface area contributed by atoms with E-state index in [0.29, 0.717) is 13.0 Å². The van der Waals surface area contributed by atoms with Crippen LogP contribution in [0.15, 0.2) is 12.2 Å². The van der Waals surface area contributed by atoms with E-state index in [4.69, 9.17) is 24.3 Å². The molecule has 54 heavy (non-hydrogen) atoms. The minimum Gasteiger partial charge on any atom is -0.457 e. The zero-order valence-electron chi connectivity index (χ0n) is 35.7. The minimum atomic E-state index is -4.27. The fraction of sp³-hybridized carbons (Fsp3) is 0.933. The zero-order valence-corrected chi connectivity index (χ0v) is 36.6. The highest BCUT2D eigenvalue weighted by Crippen LogP contribution is 2.43. The molecule has 0 aliphatic rings. The Hall–Kier alpha value is -0.760. The molecule has 0 fully saturated rings. The van der Waals surface area contributed by atoms with Gasteiger partial charge in [0.1, 0.15) is 6.10 Å². The number of allylic oxidation sites excluding steroid dienone is 2. The number of rotatable bonds is 45. The highest BCUT2D eigenvalue weighted by molar-refractivity contribution is 7.47. The third-order valence-electron chi connectivity index (χ3n) is 10.2. The Morgan fingerprint density at radius 1 is 0.537 bits per heavy atom. The van der Waals surface area contributed by atoms with Crippen LogP contribution < -0.4 is 5.73 Å². The van der Waals surface area contributed by atoms with Crippen LogP contribution in [0.4, 0.5) is 0 Å². The van der Waals surface area contributed by atoms with Crippen LogP contribution >= 0.6 is 7.82 Å². The minimum absolute atomic E-state index is 0.0919. The van der Waals surface area contributed by atoms with Gasteiger partial charge in [0.15, 0.2) is 0 Å². The third kappa shape index (κ3) is 42.4. The monoisotopic (exact) mass is 788 g/mol. The molecule has 0 rings (SSSR count). The molecule has 0 amide bonds. The summed E-state index contributed by atoms with van der Waals surface area (Å²) in [6, 6.07) is 0.